The van der Waals surface area contributed by atoms with Gasteiger partial charge in [-0.15, -0.1) is 0 Å². The molecule has 0 fully saturated rings. The first kappa shape index (κ1) is 24.7. The topological polar surface area (TPSA) is 146 Å². The van der Waals surface area contributed by atoms with E-state index in [0.29, 0.717) is 12.3 Å². The van der Waals surface area contributed by atoms with Crippen LogP contribution in [-0.4, -0.2) is 67.3 Å². The van der Waals surface area contributed by atoms with Gasteiger partial charge >= 0.3 is 12.1 Å². The maximum atomic E-state index is 12.7. The van der Waals surface area contributed by atoms with Crippen LogP contribution in [0.1, 0.15) is 30.6 Å². The van der Waals surface area contributed by atoms with Gasteiger partial charge in [0.1, 0.15) is 5.70 Å². The lowest BCUT2D eigenvalue weighted by Gasteiger charge is -2.16. The van der Waals surface area contributed by atoms with Crippen molar-refractivity contribution in [3.8, 4) is 0 Å². The summed E-state index contributed by atoms with van der Waals surface area (Å²) in [6, 6.07) is 6.26. The summed E-state index contributed by atoms with van der Waals surface area (Å²) < 4.78 is 9.72. The van der Waals surface area contributed by atoms with Crippen LogP contribution >= 0.6 is 0 Å². The molecule has 174 valence electrons. The van der Waals surface area contributed by atoms with E-state index < -0.39 is 23.9 Å². The van der Waals surface area contributed by atoms with Crippen molar-refractivity contribution < 1.29 is 33.8 Å². The minimum absolute atomic E-state index is 0.0352. The summed E-state index contributed by atoms with van der Waals surface area (Å²) in [7, 11) is 1.19. The number of hydrogen-bond donors (Lipinski definition) is 4. The molecule has 11 heteroatoms. The highest BCUT2D eigenvalue weighted by Gasteiger charge is 2.34. The molecule has 0 unspecified atom stereocenters. The minimum atomic E-state index is -0.800. The lowest BCUT2D eigenvalue weighted by molar-refractivity contribution is -0.136. The summed E-state index contributed by atoms with van der Waals surface area (Å²) in [6.45, 7) is 3.93. The number of rotatable bonds is 9. The molecule has 0 spiro atoms. The molecule has 0 saturated heterocycles. The summed E-state index contributed by atoms with van der Waals surface area (Å²) in [5.74, 6) is -1.51. The summed E-state index contributed by atoms with van der Waals surface area (Å²) in [6.07, 6.45) is -0.113. The number of aliphatic hydroxyl groups excluding tert-OH is 1. The van der Waals surface area contributed by atoms with E-state index in [1.807, 2.05) is 13.8 Å². The van der Waals surface area contributed by atoms with E-state index in [-0.39, 0.29) is 48.8 Å². The Balaban J connectivity index is 2.13. The lowest BCUT2D eigenvalue weighted by Crippen LogP contribution is -2.42. The molecule has 0 aromatic heterocycles. The van der Waals surface area contributed by atoms with E-state index in [1.165, 1.54) is 18.1 Å². The van der Waals surface area contributed by atoms with E-state index in [1.54, 1.807) is 18.2 Å². The third-order valence-corrected chi connectivity index (χ3v) is 4.59. The molecule has 1 aliphatic heterocycles. The summed E-state index contributed by atoms with van der Waals surface area (Å²) in [5, 5.41) is 12.0. The van der Waals surface area contributed by atoms with Crippen molar-refractivity contribution in [1.29, 1.82) is 0 Å². The van der Waals surface area contributed by atoms with Gasteiger partial charge in [-0.2, -0.15) is 0 Å². The van der Waals surface area contributed by atoms with Gasteiger partial charge in [-0.25, -0.2) is 15.0 Å². The number of nitrogens with one attached hydrogen (secondary N) is 3. The molecule has 0 bridgehead atoms. The van der Waals surface area contributed by atoms with Gasteiger partial charge in [0.25, 0.3) is 11.8 Å². The van der Waals surface area contributed by atoms with Gasteiger partial charge in [0.15, 0.2) is 0 Å². The molecular weight excluding hydrogens is 420 g/mol. The van der Waals surface area contributed by atoms with Gasteiger partial charge < -0.3 is 24.8 Å². The Morgan fingerprint density at radius 3 is 2.56 bits per heavy atom. The molecule has 1 heterocycles. The number of para-hydroxylation sites is 1. The van der Waals surface area contributed by atoms with Crippen LogP contribution in [0.4, 0.5) is 10.5 Å². The summed E-state index contributed by atoms with van der Waals surface area (Å²) in [4.78, 5) is 50.4. The highest BCUT2D eigenvalue weighted by atomic mass is 16.6. The molecule has 3 amide bonds. The zero-order chi connectivity index (χ0) is 23.7. The largest absolute Gasteiger partial charge is 0.466 e. The minimum Gasteiger partial charge on any atom is -0.466 e. The van der Waals surface area contributed by atoms with E-state index in [0.717, 1.165) is 0 Å². The van der Waals surface area contributed by atoms with E-state index in [4.69, 9.17) is 14.6 Å². The number of esters is 1. The average Bonchev–Trinajstić information content (AvgIpc) is 3.07. The Bertz CT molecular complexity index is 898. The molecular formula is C21H28N4O7. The molecule has 11 nitrogen and oxygen atoms in total. The molecule has 1 aromatic rings. The highest BCUT2D eigenvalue weighted by Crippen LogP contribution is 2.24. The highest BCUT2D eigenvalue weighted by molar-refractivity contribution is 6.10. The maximum absolute atomic E-state index is 12.7. The Hall–Kier alpha value is -3.60. The molecule has 0 aliphatic carbocycles. The van der Waals surface area contributed by atoms with Crippen LogP contribution < -0.4 is 16.2 Å². The fourth-order valence-electron chi connectivity index (χ4n) is 2.87. The first-order chi connectivity index (χ1) is 15.3. The number of nitrogens with zero attached hydrogens (tertiary/aromatic N) is 1. The molecule has 0 saturated carbocycles. The Morgan fingerprint density at radius 1 is 1.19 bits per heavy atom. The number of β-amino-alcohol motifs (C(OH)–C–C–N with tert-alkyl or cyclic N) is 1. The van der Waals surface area contributed by atoms with Crippen molar-refractivity contribution in [2.45, 2.75) is 20.3 Å². The van der Waals surface area contributed by atoms with Crippen LogP contribution in [0.5, 0.6) is 0 Å². The van der Waals surface area contributed by atoms with Gasteiger partial charge in [0, 0.05) is 6.54 Å². The SMILES string of the molecule is COC(=O)C1=C(Nc2ccccc2C(=O)NNC(=O)OCCC(C)C)C(=O)N(CCO)C1. The smallest absolute Gasteiger partial charge is 0.426 e. The van der Waals surface area contributed by atoms with Crippen LogP contribution in [0, 0.1) is 5.92 Å². The van der Waals surface area contributed by atoms with Crippen molar-refractivity contribution >= 4 is 29.6 Å². The summed E-state index contributed by atoms with van der Waals surface area (Å²) >= 11 is 0. The Kier molecular flexibility index (Phi) is 9.02. The second-order valence-corrected chi connectivity index (χ2v) is 7.36. The van der Waals surface area contributed by atoms with Crippen LogP contribution in [0.15, 0.2) is 35.5 Å². The second-order valence-electron chi connectivity index (χ2n) is 7.36. The van der Waals surface area contributed by atoms with Crippen molar-refractivity contribution in [2.75, 3.05) is 38.7 Å². The van der Waals surface area contributed by atoms with Crippen LogP contribution in [0.3, 0.4) is 0 Å². The molecule has 2 rings (SSSR count). The van der Waals surface area contributed by atoms with Gasteiger partial charge in [0.05, 0.1) is 43.7 Å². The van der Waals surface area contributed by atoms with Crippen LogP contribution in [-0.2, 0) is 19.1 Å². The zero-order valence-corrected chi connectivity index (χ0v) is 18.3. The number of methoxy groups -OCH3 is 1. The van der Waals surface area contributed by atoms with Crippen LogP contribution in [0.25, 0.3) is 0 Å². The number of carbonyl (C=O) groups is 4. The van der Waals surface area contributed by atoms with Gasteiger partial charge in [-0.1, -0.05) is 26.0 Å². The fraction of sp³-hybridized carbons (Fsp3) is 0.429. The van der Waals surface area contributed by atoms with Crippen molar-refractivity contribution in [3.05, 3.63) is 41.1 Å². The Morgan fingerprint density at radius 2 is 1.91 bits per heavy atom. The van der Waals surface area contributed by atoms with Crippen molar-refractivity contribution in [1.82, 2.24) is 15.8 Å². The second kappa shape index (κ2) is 11.7. The van der Waals surface area contributed by atoms with E-state index >= 15 is 0 Å². The lowest BCUT2D eigenvalue weighted by atomic mass is 10.1. The van der Waals surface area contributed by atoms with Crippen molar-refractivity contribution in [3.63, 3.8) is 0 Å². The van der Waals surface area contributed by atoms with Crippen molar-refractivity contribution in [2.24, 2.45) is 5.92 Å². The standard InChI is InChI=1S/C21H28N4O7/c1-13(2)8-11-32-21(30)24-23-18(27)14-6-4-5-7-16(14)22-17-15(20(29)31-3)12-25(9-10-26)19(17)28/h4-7,13,22,26H,8-12H2,1-3H3,(H,23,27)(H,24,30). The molecule has 1 aromatic carbocycles. The third-order valence-electron chi connectivity index (χ3n) is 4.59. The average molecular weight is 448 g/mol. The Labute approximate surface area is 185 Å². The summed E-state index contributed by atoms with van der Waals surface area (Å²) in [5.41, 5.74) is 4.79. The van der Waals surface area contributed by atoms with E-state index in [9.17, 15) is 19.2 Å². The molecule has 4 N–H and O–H groups in total. The number of benzene rings is 1. The van der Waals surface area contributed by atoms with Gasteiger partial charge in [-0.3, -0.25) is 15.0 Å². The number of amides is 3. The normalized spacial score (nSPS) is 13.3. The number of hydrazine groups is 1. The number of ether oxygens (including phenoxy) is 2. The molecule has 0 atom stereocenters. The van der Waals surface area contributed by atoms with E-state index in [2.05, 4.69) is 16.2 Å². The van der Waals surface area contributed by atoms with Crippen LogP contribution in [0.2, 0.25) is 0 Å². The van der Waals surface area contributed by atoms with Gasteiger partial charge in [0.2, 0.25) is 0 Å². The predicted octanol–water partition coefficient (Wildman–Crippen LogP) is 0.777. The third kappa shape index (κ3) is 6.45. The number of anilines is 1. The number of carbonyl (C=O) groups excluding carboxylic acids is 4. The molecule has 32 heavy (non-hydrogen) atoms. The zero-order valence-electron chi connectivity index (χ0n) is 18.3. The molecule has 1 aliphatic rings. The maximum Gasteiger partial charge on any atom is 0.426 e. The first-order valence-corrected chi connectivity index (χ1v) is 10.1. The molecule has 0 radical (unpaired) electrons. The predicted molar refractivity (Wildman–Crippen MR) is 114 cm³/mol. The van der Waals surface area contributed by atoms with Gasteiger partial charge in [-0.05, 0) is 24.5 Å². The quantitative estimate of drug-likeness (QED) is 0.320. The number of hydrogen-bond acceptors (Lipinski definition) is 8. The number of aliphatic hydroxyl groups is 1. The first-order valence-electron chi connectivity index (χ1n) is 10.1. The fourth-order valence-corrected chi connectivity index (χ4v) is 2.87. The monoisotopic (exact) mass is 448 g/mol.